The lowest BCUT2D eigenvalue weighted by atomic mass is 10.1. The van der Waals surface area contributed by atoms with Crippen LogP contribution < -0.4 is 9.80 Å². The summed E-state index contributed by atoms with van der Waals surface area (Å²) in [5.41, 5.74) is 3.42. The number of unbranched alkanes of at least 4 members (excludes halogenated alkanes) is 2. The maximum absolute atomic E-state index is 12.4. The number of esters is 2. The number of carbonyl (C=O) groups is 2. The van der Waals surface area contributed by atoms with Gasteiger partial charge in [0, 0.05) is 37.6 Å². The van der Waals surface area contributed by atoms with Crippen LogP contribution in [0, 0.1) is 0 Å². The van der Waals surface area contributed by atoms with E-state index in [2.05, 4.69) is 23.6 Å². The molecule has 0 amide bonds. The molecule has 1 aliphatic heterocycles. The van der Waals surface area contributed by atoms with Gasteiger partial charge in [-0.1, -0.05) is 39.5 Å². The van der Waals surface area contributed by atoms with Gasteiger partial charge in [-0.25, -0.2) is 9.59 Å². The second-order valence-corrected chi connectivity index (χ2v) is 9.78. The van der Waals surface area contributed by atoms with Gasteiger partial charge in [-0.3, -0.25) is 0 Å². The number of hydrogen-bond acceptors (Lipinski definition) is 6. The normalized spacial score (nSPS) is 15.3. The highest BCUT2D eigenvalue weighted by atomic mass is 16.5. The van der Waals surface area contributed by atoms with Gasteiger partial charge in [-0.05, 0) is 75.2 Å². The van der Waals surface area contributed by atoms with Crippen LogP contribution in [0.5, 0.6) is 0 Å². The largest absolute Gasteiger partial charge is 0.459 e. The minimum absolute atomic E-state index is 0.0562. The molecule has 6 heteroatoms. The fraction of sp³-hybridized carbons (Fsp3) is 0.533. The van der Waals surface area contributed by atoms with E-state index in [1.807, 2.05) is 62.4 Å². The maximum atomic E-state index is 12.4. The molecule has 0 spiro atoms. The van der Waals surface area contributed by atoms with Crippen molar-refractivity contribution in [1.29, 1.82) is 0 Å². The Labute approximate surface area is 216 Å². The number of anilines is 2. The van der Waals surface area contributed by atoms with Gasteiger partial charge >= 0.3 is 11.9 Å². The van der Waals surface area contributed by atoms with E-state index in [4.69, 9.17) is 9.47 Å². The van der Waals surface area contributed by atoms with Crippen molar-refractivity contribution >= 4 is 23.3 Å². The Kier molecular flexibility index (Phi) is 10.6. The van der Waals surface area contributed by atoms with E-state index >= 15 is 0 Å². The Morgan fingerprint density at radius 3 is 1.31 bits per heavy atom. The first-order valence-corrected chi connectivity index (χ1v) is 13.5. The molecule has 6 nitrogen and oxygen atoms in total. The summed E-state index contributed by atoms with van der Waals surface area (Å²) in [5.74, 6) is -0.504. The van der Waals surface area contributed by atoms with Gasteiger partial charge in [0.05, 0.1) is 23.3 Å². The molecule has 0 aliphatic carbocycles. The molecule has 196 valence electrons. The van der Waals surface area contributed by atoms with Crippen LogP contribution in [0.1, 0.15) is 86.9 Å². The van der Waals surface area contributed by atoms with Crippen LogP contribution in [-0.4, -0.2) is 50.3 Å². The molecule has 0 saturated carbocycles. The lowest BCUT2D eigenvalue weighted by Gasteiger charge is -2.37. The van der Waals surface area contributed by atoms with Crippen molar-refractivity contribution in [1.82, 2.24) is 0 Å². The van der Waals surface area contributed by atoms with E-state index in [1.165, 1.54) is 0 Å². The number of piperazine rings is 1. The topological polar surface area (TPSA) is 59.1 Å². The van der Waals surface area contributed by atoms with Crippen LogP contribution in [0.15, 0.2) is 48.5 Å². The van der Waals surface area contributed by atoms with E-state index < -0.39 is 0 Å². The molecule has 0 aromatic heterocycles. The number of hydrogen-bond donors (Lipinski definition) is 0. The van der Waals surface area contributed by atoms with E-state index in [0.29, 0.717) is 11.1 Å². The molecular formula is C30H42N2O4. The van der Waals surface area contributed by atoms with Gasteiger partial charge in [-0.2, -0.15) is 0 Å². The second kappa shape index (κ2) is 13.9. The first-order chi connectivity index (χ1) is 17.4. The summed E-state index contributed by atoms with van der Waals surface area (Å²) in [4.78, 5) is 29.5. The fourth-order valence-electron chi connectivity index (χ4n) is 4.44. The van der Waals surface area contributed by atoms with Gasteiger partial charge in [-0.15, -0.1) is 0 Å². The van der Waals surface area contributed by atoms with Crippen LogP contribution in [-0.2, 0) is 9.47 Å². The number of carbonyl (C=O) groups excluding carboxylic acids is 2. The zero-order valence-electron chi connectivity index (χ0n) is 22.4. The molecule has 1 fully saturated rings. The molecule has 2 atom stereocenters. The zero-order valence-corrected chi connectivity index (χ0v) is 22.4. The van der Waals surface area contributed by atoms with Gasteiger partial charge in [0.15, 0.2) is 0 Å². The summed E-state index contributed by atoms with van der Waals surface area (Å²) >= 11 is 0. The minimum atomic E-state index is -0.252. The van der Waals surface area contributed by atoms with Gasteiger partial charge in [0.2, 0.25) is 0 Å². The molecular weight excluding hydrogens is 452 g/mol. The molecule has 1 heterocycles. The van der Waals surface area contributed by atoms with E-state index in [9.17, 15) is 9.59 Å². The maximum Gasteiger partial charge on any atom is 0.338 e. The highest BCUT2D eigenvalue weighted by molar-refractivity contribution is 5.90. The number of rotatable bonds is 12. The summed E-state index contributed by atoms with van der Waals surface area (Å²) in [7, 11) is 0. The Balaban J connectivity index is 1.48. The third-order valence-electron chi connectivity index (χ3n) is 6.76. The molecule has 0 unspecified atom stereocenters. The quantitative estimate of drug-likeness (QED) is 0.315. The Bertz CT molecular complexity index is 870. The van der Waals surface area contributed by atoms with Gasteiger partial charge in [0.25, 0.3) is 0 Å². The molecule has 1 aliphatic rings. The van der Waals surface area contributed by atoms with Gasteiger partial charge in [0.1, 0.15) is 0 Å². The van der Waals surface area contributed by atoms with Crippen LogP contribution >= 0.6 is 0 Å². The average Bonchev–Trinajstić information content (AvgIpc) is 2.91. The number of ether oxygens (including phenoxy) is 2. The third-order valence-corrected chi connectivity index (χ3v) is 6.76. The van der Waals surface area contributed by atoms with Crippen LogP contribution in [0.2, 0.25) is 0 Å². The number of nitrogens with zero attached hydrogens (tertiary/aromatic N) is 2. The Hall–Kier alpha value is -3.02. The van der Waals surface area contributed by atoms with Crippen molar-refractivity contribution in [3.63, 3.8) is 0 Å². The number of benzene rings is 2. The van der Waals surface area contributed by atoms with Crippen molar-refractivity contribution in [2.45, 2.75) is 78.4 Å². The summed E-state index contributed by atoms with van der Waals surface area (Å²) in [6, 6.07) is 15.5. The average molecular weight is 495 g/mol. The molecule has 1 saturated heterocycles. The second-order valence-electron chi connectivity index (χ2n) is 9.78. The molecule has 0 radical (unpaired) electrons. The Morgan fingerprint density at radius 1 is 0.667 bits per heavy atom. The smallest absolute Gasteiger partial charge is 0.338 e. The third kappa shape index (κ3) is 8.00. The fourth-order valence-corrected chi connectivity index (χ4v) is 4.44. The monoisotopic (exact) mass is 494 g/mol. The lowest BCUT2D eigenvalue weighted by Crippen LogP contribution is -2.46. The van der Waals surface area contributed by atoms with E-state index in [-0.39, 0.29) is 24.1 Å². The summed E-state index contributed by atoms with van der Waals surface area (Å²) in [5, 5.41) is 0. The van der Waals surface area contributed by atoms with E-state index in [0.717, 1.165) is 76.1 Å². The van der Waals surface area contributed by atoms with Crippen molar-refractivity contribution in [2.24, 2.45) is 0 Å². The van der Waals surface area contributed by atoms with Crippen molar-refractivity contribution in [3.05, 3.63) is 59.7 Å². The molecule has 0 bridgehead atoms. The predicted octanol–water partition coefficient (Wildman–Crippen LogP) is 6.48. The van der Waals surface area contributed by atoms with Crippen molar-refractivity contribution in [3.8, 4) is 0 Å². The molecule has 0 N–H and O–H groups in total. The van der Waals surface area contributed by atoms with Crippen molar-refractivity contribution in [2.75, 3.05) is 36.0 Å². The van der Waals surface area contributed by atoms with Crippen LogP contribution in [0.25, 0.3) is 0 Å². The highest BCUT2D eigenvalue weighted by Gasteiger charge is 2.19. The SMILES string of the molecule is CCCC[C@H](C)OC(=O)c1ccc(N2CCN(c3ccc(C(=O)O[C@@H](C)CCCC)cc3)CC2)cc1. The summed E-state index contributed by atoms with van der Waals surface area (Å²) < 4.78 is 11.1. The Morgan fingerprint density at radius 2 is 1.00 bits per heavy atom. The van der Waals surface area contributed by atoms with E-state index in [1.54, 1.807) is 0 Å². The van der Waals surface area contributed by atoms with Crippen LogP contribution in [0.3, 0.4) is 0 Å². The summed E-state index contributed by atoms with van der Waals surface area (Å²) in [6.45, 7) is 11.7. The highest BCUT2D eigenvalue weighted by Crippen LogP contribution is 2.22. The van der Waals surface area contributed by atoms with Crippen LogP contribution in [0.4, 0.5) is 11.4 Å². The standard InChI is InChI=1S/C30H42N2O4/c1-5-7-9-23(3)35-29(33)25-11-15-27(16-12-25)31-19-21-32(22-20-31)28-17-13-26(14-18-28)30(34)36-24(4)10-8-6-2/h11-18,23-24H,5-10,19-22H2,1-4H3/t23-,24-/m0/s1. The predicted molar refractivity (Wildman–Crippen MR) is 146 cm³/mol. The van der Waals surface area contributed by atoms with Crippen molar-refractivity contribution < 1.29 is 19.1 Å². The molecule has 3 rings (SSSR count). The minimum Gasteiger partial charge on any atom is -0.459 e. The molecule has 2 aromatic rings. The summed E-state index contributed by atoms with van der Waals surface area (Å²) in [6.07, 6.45) is 6.01. The zero-order chi connectivity index (χ0) is 25.9. The molecule has 36 heavy (non-hydrogen) atoms. The molecule has 2 aromatic carbocycles. The van der Waals surface area contributed by atoms with Gasteiger partial charge < -0.3 is 19.3 Å². The first kappa shape index (κ1) is 27.6. The lowest BCUT2D eigenvalue weighted by molar-refractivity contribution is 0.0310. The first-order valence-electron chi connectivity index (χ1n) is 13.5.